The van der Waals surface area contributed by atoms with E-state index in [0.29, 0.717) is 24.3 Å². The number of carbonyl (C=O) groups is 5. The first-order valence-electron chi connectivity index (χ1n) is 16.1. The lowest BCUT2D eigenvalue weighted by Gasteiger charge is -2.34. The number of esters is 2. The highest BCUT2D eigenvalue weighted by atomic mass is 32.1. The van der Waals surface area contributed by atoms with Crippen LogP contribution in [0.1, 0.15) is 81.0 Å². The number of carbonyl (C=O) groups excluding carboxylic acids is 5. The number of hydrogen-bond acceptors (Lipinski definition) is 10. The molecule has 0 radical (unpaired) electrons. The maximum atomic E-state index is 13.6. The fourth-order valence-corrected chi connectivity index (χ4v) is 6.45. The van der Waals surface area contributed by atoms with E-state index in [-0.39, 0.29) is 36.0 Å². The summed E-state index contributed by atoms with van der Waals surface area (Å²) in [4.78, 5) is 69.7. The predicted molar refractivity (Wildman–Crippen MR) is 181 cm³/mol. The summed E-state index contributed by atoms with van der Waals surface area (Å²) in [6, 6.07) is 8.57. The normalized spacial score (nSPS) is 19.3. The van der Waals surface area contributed by atoms with Crippen molar-refractivity contribution in [3.8, 4) is 0 Å². The molecule has 0 bridgehead atoms. The van der Waals surface area contributed by atoms with E-state index in [1.165, 1.54) is 25.4 Å². The van der Waals surface area contributed by atoms with Gasteiger partial charge in [-0.1, -0.05) is 57.2 Å². The van der Waals surface area contributed by atoms with Crippen molar-refractivity contribution in [1.29, 1.82) is 0 Å². The van der Waals surface area contributed by atoms with Gasteiger partial charge in [0, 0.05) is 38.2 Å². The lowest BCUT2D eigenvalue weighted by molar-refractivity contribution is -0.148. The molecule has 12 nitrogen and oxygen atoms in total. The minimum atomic E-state index is -1.27. The Kier molecular flexibility index (Phi) is 13.9. The molecule has 1 fully saturated rings. The Morgan fingerprint density at radius 1 is 1.19 bits per heavy atom. The Bertz CT molecular complexity index is 1450. The molecule has 1 aliphatic rings. The van der Waals surface area contributed by atoms with Crippen molar-refractivity contribution in [3.63, 3.8) is 0 Å². The average molecular weight is 685 g/mol. The highest BCUT2D eigenvalue weighted by molar-refractivity contribution is 7.09. The summed E-state index contributed by atoms with van der Waals surface area (Å²) in [7, 11) is 2.98. The molecule has 2 unspecified atom stereocenters. The Morgan fingerprint density at radius 2 is 1.88 bits per heavy atom. The van der Waals surface area contributed by atoms with Gasteiger partial charge in [0.15, 0.2) is 11.7 Å². The minimum Gasteiger partial charge on any atom is -0.468 e. The van der Waals surface area contributed by atoms with Crippen molar-refractivity contribution in [3.05, 3.63) is 64.6 Å². The Labute approximate surface area is 286 Å². The second kappa shape index (κ2) is 17.3. The van der Waals surface area contributed by atoms with E-state index in [1.54, 1.807) is 30.3 Å². The molecule has 1 saturated heterocycles. The number of ether oxygens (including phenoxy) is 3. The average Bonchev–Trinajstić information content (AvgIpc) is 3.51. The smallest absolute Gasteiger partial charge is 0.325 e. The van der Waals surface area contributed by atoms with Crippen LogP contribution in [0.15, 0.2) is 48.4 Å². The number of aromatic nitrogens is 1. The second-order valence-corrected chi connectivity index (χ2v) is 13.4. The third-order valence-corrected chi connectivity index (χ3v) is 9.60. The zero-order valence-corrected chi connectivity index (χ0v) is 29.6. The zero-order chi connectivity index (χ0) is 35.6. The van der Waals surface area contributed by atoms with Gasteiger partial charge in [-0.3, -0.25) is 24.0 Å². The molecule has 2 N–H and O–H groups in total. The van der Waals surface area contributed by atoms with E-state index in [4.69, 9.17) is 9.47 Å². The summed E-state index contributed by atoms with van der Waals surface area (Å²) in [5.74, 6) is -2.01. The van der Waals surface area contributed by atoms with Crippen LogP contribution < -0.4 is 10.6 Å². The van der Waals surface area contributed by atoms with Crippen LogP contribution in [-0.4, -0.2) is 84.0 Å². The number of amides is 3. The number of nitrogens with zero attached hydrogens (tertiary/aromatic N) is 2. The van der Waals surface area contributed by atoms with Crippen molar-refractivity contribution in [2.45, 2.75) is 90.2 Å². The van der Waals surface area contributed by atoms with Gasteiger partial charge in [0.2, 0.25) is 5.91 Å². The Hall–Kier alpha value is -4.10. The summed E-state index contributed by atoms with van der Waals surface area (Å²) in [6.07, 6.45) is 2.12. The van der Waals surface area contributed by atoms with Crippen LogP contribution in [0, 0.1) is 11.8 Å². The predicted octanol–water partition coefficient (Wildman–Crippen LogP) is 4.01. The molecule has 0 saturated carbocycles. The first-order valence-corrected chi connectivity index (χ1v) is 17.0. The molecule has 262 valence electrons. The molecule has 0 aliphatic carbocycles. The quantitative estimate of drug-likeness (QED) is 0.135. The van der Waals surface area contributed by atoms with Crippen LogP contribution in [0.5, 0.6) is 0 Å². The molecule has 13 heteroatoms. The summed E-state index contributed by atoms with van der Waals surface area (Å²) in [5, 5.41) is 7.52. The fraction of sp³-hybridized carbons (Fsp3) is 0.543. The molecule has 1 aromatic heterocycles. The SMILES string of the molecule is C=C[C@@H](CC)CC(=O)N(C)[C@H](C[C@@H](OC(C)=O)c1nc(C(=O)N[C@@H](Cc2ccccc2)C2OC2(C)C(=O)NCC(=O)OC)cs1)C(C)C. The van der Waals surface area contributed by atoms with Gasteiger partial charge < -0.3 is 29.7 Å². The van der Waals surface area contributed by atoms with Crippen LogP contribution in [0.4, 0.5) is 0 Å². The van der Waals surface area contributed by atoms with Gasteiger partial charge in [-0.2, -0.15) is 0 Å². The van der Waals surface area contributed by atoms with E-state index in [1.807, 2.05) is 51.1 Å². The van der Waals surface area contributed by atoms with E-state index in [0.717, 1.165) is 12.0 Å². The highest BCUT2D eigenvalue weighted by Crippen LogP contribution is 2.40. The van der Waals surface area contributed by atoms with Gasteiger partial charge >= 0.3 is 11.9 Å². The summed E-state index contributed by atoms with van der Waals surface area (Å²) in [5.41, 5.74) is -0.238. The topological polar surface area (TPSA) is 157 Å². The lowest BCUT2D eigenvalue weighted by Crippen LogP contribution is -2.47. The Balaban J connectivity index is 1.80. The molecule has 1 aliphatic heterocycles. The summed E-state index contributed by atoms with van der Waals surface area (Å²) in [6.45, 7) is 12.5. The molecule has 2 heterocycles. The highest BCUT2D eigenvalue weighted by Gasteiger charge is 2.62. The van der Waals surface area contributed by atoms with Gasteiger partial charge in [-0.15, -0.1) is 17.9 Å². The standard InChI is InChI=1S/C35H48N4O8S/c1-9-23(10-2)17-29(41)39(7)27(21(3)4)18-28(46-22(5)40)33-38-26(20-48-33)32(43)37-25(16-24-14-12-11-13-15-24)31-35(6,47-31)34(44)36-19-30(42)45-8/h9,11-15,20-21,23,25,27-28,31H,1,10,16-19H2,2-8H3,(H,36,44)(H,37,43)/t23-,25-,27+,28+,31?,35?/m0/s1. The van der Waals surface area contributed by atoms with Gasteiger partial charge in [0.25, 0.3) is 11.8 Å². The summed E-state index contributed by atoms with van der Waals surface area (Å²) < 4.78 is 16.1. The molecule has 48 heavy (non-hydrogen) atoms. The minimum absolute atomic E-state index is 0.0287. The lowest BCUT2D eigenvalue weighted by atomic mass is 9.94. The molecule has 6 atom stereocenters. The first kappa shape index (κ1) is 38.3. The van der Waals surface area contributed by atoms with Crippen LogP contribution in [-0.2, 0) is 39.8 Å². The van der Waals surface area contributed by atoms with Gasteiger partial charge in [0.05, 0.1) is 13.2 Å². The zero-order valence-electron chi connectivity index (χ0n) is 28.8. The molecule has 0 spiro atoms. The van der Waals surface area contributed by atoms with Crippen molar-refractivity contribution in [1.82, 2.24) is 20.5 Å². The van der Waals surface area contributed by atoms with Crippen LogP contribution in [0.25, 0.3) is 0 Å². The van der Waals surface area contributed by atoms with Crippen LogP contribution >= 0.6 is 11.3 Å². The largest absolute Gasteiger partial charge is 0.468 e. The third kappa shape index (κ3) is 10.2. The number of benzene rings is 1. The van der Waals surface area contributed by atoms with Crippen LogP contribution in [0.3, 0.4) is 0 Å². The molecular formula is C35H48N4O8S. The van der Waals surface area contributed by atoms with Crippen molar-refractivity contribution < 1.29 is 38.2 Å². The molecule has 1 aromatic carbocycles. The van der Waals surface area contributed by atoms with E-state index in [9.17, 15) is 24.0 Å². The van der Waals surface area contributed by atoms with Crippen molar-refractivity contribution >= 4 is 41.0 Å². The number of allylic oxidation sites excluding steroid dienone is 1. The number of methoxy groups -OCH3 is 1. The monoisotopic (exact) mass is 684 g/mol. The molecule has 2 aromatic rings. The van der Waals surface area contributed by atoms with Crippen molar-refractivity contribution in [2.75, 3.05) is 20.7 Å². The maximum Gasteiger partial charge on any atom is 0.325 e. The number of rotatable bonds is 18. The fourth-order valence-electron chi connectivity index (χ4n) is 5.61. The molecule has 3 rings (SSSR count). The second-order valence-electron chi connectivity index (χ2n) is 12.5. The van der Waals surface area contributed by atoms with Gasteiger partial charge in [-0.05, 0) is 37.2 Å². The number of thiazole rings is 1. The summed E-state index contributed by atoms with van der Waals surface area (Å²) >= 11 is 1.19. The number of epoxide rings is 1. The number of nitrogens with one attached hydrogen (secondary N) is 2. The van der Waals surface area contributed by atoms with E-state index < -0.39 is 47.6 Å². The van der Waals surface area contributed by atoms with Gasteiger partial charge in [0.1, 0.15) is 23.4 Å². The van der Waals surface area contributed by atoms with Gasteiger partial charge in [-0.25, -0.2) is 4.98 Å². The van der Waals surface area contributed by atoms with Crippen LogP contribution in [0.2, 0.25) is 0 Å². The molecular weight excluding hydrogens is 636 g/mol. The first-order chi connectivity index (χ1) is 22.7. The maximum absolute atomic E-state index is 13.6. The Morgan fingerprint density at radius 3 is 2.46 bits per heavy atom. The van der Waals surface area contributed by atoms with Crippen molar-refractivity contribution in [2.24, 2.45) is 11.8 Å². The van der Waals surface area contributed by atoms with E-state index in [2.05, 4.69) is 26.9 Å². The third-order valence-electron chi connectivity index (χ3n) is 8.66. The van der Waals surface area contributed by atoms with E-state index >= 15 is 0 Å². The number of hydrogen-bond donors (Lipinski definition) is 2. The molecule has 3 amide bonds.